The van der Waals surface area contributed by atoms with Crippen molar-refractivity contribution in [3.8, 4) is 0 Å². The lowest BCUT2D eigenvalue weighted by Gasteiger charge is -2.30. The van der Waals surface area contributed by atoms with E-state index in [1.807, 2.05) is 48.4 Å². The molecule has 104 valence electrons. The predicted molar refractivity (Wildman–Crippen MR) is 77.1 cm³/mol. The van der Waals surface area contributed by atoms with Crippen molar-refractivity contribution in [1.29, 1.82) is 0 Å². The van der Waals surface area contributed by atoms with Gasteiger partial charge >= 0.3 is 0 Å². The number of benzene rings is 1. The third-order valence-corrected chi connectivity index (χ3v) is 3.90. The first-order valence-electron chi connectivity index (χ1n) is 6.43. The van der Waals surface area contributed by atoms with Crippen LogP contribution in [0.2, 0.25) is 0 Å². The van der Waals surface area contributed by atoms with Crippen molar-refractivity contribution >= 4 is 17.4 Å². The molecule has 2 unspecified atom stereocenters. The number of nitrogens with zero attached hydrogens (tertiary/aromatic N) is 2. The molecule has 0 aromatic heterocycles. The summed E-state index contributed by atoms with van der Waals surface area (Å²) in [6.45, 7) is 0.824. The Morgan fingerprint density at radius 2 is 2.05 bits per heavy atom. The van der Waals surface area contributed by atoms with Crippen molar-refractivity contribution in [2.75, 3.05) is 20.6 Å². The highest BCUT2D eigenvalue weighted by Crippen LogP contribution is 2.21. The van der Waals surface area contributed by atoms with Crippen LogP contribution in [0.3, 0.4) is 0 Å². The summed E-state index contributed by atoms with van der Waals surface area (Å²) in [4.78, 5) is 12.6. The fourth-order valence-electron chi connectivity index (χ4n) is 2.51. The number of carbonyl (C=O) groups is 1. The number of hydrazine groups is 1. The zero-order chi connectivity index (χ0) is 14.0. The minimum atomic E-state index is -0.267. The second-order valence-corrected chi connectivity index (χ2v) is 5.37. The molecule has 0 saturated carbocycles. The van der Waals surface area contributed by atoms with Crippen LogP contribution in [0, 0.1) is 0 Å². The number of rotatable bonds is 4. The van der Waals surface area contributed by atoms with Gasteiger partial charge in [0.15, 0.2) is 5.78 Å². The van der Waals surface area contributed by atoms with Crippen molar-refractivity contribution in [2.45, 2.75) is 24.4 Å². The van der Waals surface area contributed by atoms with Gasteiger partial charge in [0.2, 0.25) is 0 Å². The number of hydrogen-bond acceptors (Lipinski definition) is 4. The Bertz CT molecular complexity index is 447. The minimum Gasteiger partial charge on any atom is -0.326 e. The summed E-state index contributed by atoms with van der Waals surface area (Å²) in [5.74, 6) is 0.543. The molecule has 0 bridgehead atoms. The summed E-state index contributed by atoms with van der Waals surface area (Å²) in [5.41, 5.74) is 7.80. The van der Waals surface area contributed by atoms with Crippen LogP contribution in [0.25, 0.3) is 0 Å². The molecule has 0 amide bonds. The van der Waals surface area contributed by atoms with E-state index < -0.39 is 0 Å². The lowest BCUT2D eigenvalue weighted by molar-refractivity contribution is 0.0122. The summed E-state index contributed by atoms with van der Waals surface area (Å²) in [6, 6.07) is 7.07. The summed E-state index contributed by atoms with van der Waals surface area (Å²) < 4.78 is 0. The highest BCUT2D eigenvalue weighted by Gasteiger charge is 2.38. The quantitative estimate of drug-likeness (QED) is 0.671. The minimum absolute atomic E-state index is 0.0832. The maximum Gasteiger partial charge on any atom is 0.182 e. The molecule has 1 saturated heterocycles. The van der Waals surface area contributed by atoms with Crippen molar-refractivity contribution in [3.05, 3.63) is 35.4 Å². The molecule has 1 heterocycles. The molecule has 2 atom stereocenters. The third kappa shape index (κ3) is 2.98. The first-order valence-corrected chi connectivity index (χ1v) is 6.96. The fraction of sp³-hybridized carbons (Fsp3) is 0.500. The molecule has 4 nitrogen and oxygen atoms in total. The number of hydrogen-bond donors (Lipinski definition) is 1. The van der Waals surface area contributed by atoms with Crippen molar-refractivity contribution in [2.24, 2.45) is 5.73 Å². The van der Waals surface area contributed by atoms with Gasteiger partial charge in [-0.1, -0.05) is 24.3 Å². The van der Waals surface area contributed by atoms with E-state index in [0.717, 1.165) is 18.5 Å². The number of nitrogens with two attached hydrogens (primary N) is 1. The molecule has 1 aliphatic heterocycles. The molecule has 0 spiro atoms. The van der Waals surface area contributed by atoms with Crippen LogP contribution in [0.4, 0.5) is 0 Å². The molecule has 1 fully saturated rings. The average Bonchev–Trinajstić information content (AvgIpc) is 2.80. The first-order chi connectivity index (χ1) is 9.04. The summed E-state index contributed by atoms with van der Waals surface area (Å²) >= 11 is 5.75. The van der Waals surface area contributed by atoms with Gasteiger partial charge in [0.25, 0.3) is 0 Å². The molecule has 1 aromatic rings. The number of halogens is 1. The standard InChI is InChI=1S/C14H20ClN3O/c1-17(2)18-8-7-12(16)13(18)14(19)11-5-3-10(9-15)4-6-11/h3-6,12-13H,7-9,16H2,1-2H3. The Labute approximate surface area is 119 Å². The van der Waals surface area contributed by atoms with E-state index >= 15 is 0 Å². The Balaban J connectivity index is 2.21. The maximum absolute atomic E-state index is 12.6. The van der Waals surface area contributed by atoms with Crippen molar-refractivity contribution < 1.29 is 4.79 Å². The van der Waals surface area contributed by atoms with Crippen LogP contribution < -0.4 is 5.73 Å². The van der Waals surface area contributed by atoms with E-state index in [-0.39, 0.29) is 17.9 Å². The van der Waals surface area contributed by atoms with Gasteiger partial charge in [-0.2, -0.15) is 0 Å². The Kier molecular flexibility index (Phi) is 4.58. The highest BCUT2D eigenvalue weighted by atomic mass is 35.5. The first kappa shape index (κ1) is 14.5. The maximum atomic E-state index is 12.6. The van der Waals surface area contributed by atoms with E-state index in [4.69, 9.17) is 17.3 Å². The Morgan fingerprint density at radius 3 is 2.58 bits per heavy atom. The van der Waals surface area contributed by atoms with E-state index in [0.29, 0.717) is 11.4 Å². The fourth-order valence-corrected chi connectivity index (χ4v) is 2.68. The van der Waals surface area contributed by atoms with Gasteiger partial charge in [-0.25, -0.2) is 10.0 Å². The number of carbonyl (C=O) groups excluding carboxylic acids is 1. The van der Waals surface area contributed by atoms with E-state index in [1.165, 1.54) is 0 Å². The summed E-state index contributed by atoms with van der Waals surface area (Å²) in [7, 11) is 3.88. The smallest absolute Gasteiger partial charge is 0.182 e. The third-order valence-electron chi connectivity index (χ3n) is 3.59. The number of Topliss-reactive ketones (excluding diaryl/α,β-unsaturated/α-hetero) is 1. The van der Waals surface area contributed by atoms with Crippen LogP contribution >= 0.6 is 11.6 Å². The molecule has 5 heteroatoms. The largest absolute Gasteiger partial charge is 0.326 e. The number of ketones is 1. The lowest BCUT2D eigenvalue weighted by Crippen LogP contribution is -2.50. The molecule has 19 heavy (non-hydrogen) atoms. The van der Waals surface area contributed by atoms with Crippen LogP contribution in [-0.2, 0) is 5.88 Å². The van der Waals surface area contributed by atoms with Crippen LogP contribution in [-0.4, -0.2) is 48.5 Å². The SMILES string of the molecule is CN(C)N1CCC(N)C1C(=O)c1ccc(CCl)cc1. The Morgan fingerprint density at radius 1 is 1.42 bits per heavy atom. The van der Waals surface area contributed by atoms with E-state index in [2.05, 4.69) is 0 Å². The second kappa shape index (κ2) is 6.01. The van der Waals surface area contributed by atoms with Gasteiger partial charge in [-0.3, -0.25) is 4.79 Å². The van der Waals surface area contributed by atoms with E-state index in [9.17, 15) is 4.79 Å². The van der Waals surface area contributed by atoms with Crippen LogP contribution in [0.5, 0.6) is 0 Å². The van der Waals surface area contributed by atoms with E-state index in [1.54, 1.807) is 0 Å². The molecule has 1 aromatic carbocycles. The number of alkyl halides is 1. The highest BCUT2D eigenvalue weighted by molar-refractivity contribution is 6.17. The molecule has 0 radical (unpaired) electrons. The van der Waals surface area contributed by atoms with Crippen LogP contribution in [0.1, 0.15) is 22.3 Å². The van der Waals surface area contributed by atoms with Gasteiger partial charge < -0.3 is 5.73 Å². The summed E-state index contributed by atoms with van der Waals surface area (Å²) in [5, 5.41) is 3.98. The molecule has 1 aliphatic rings. The van der Waals surface area contributed by atoms with Gasteiger partial charge in [-0.05, 0) is 12.0 Å². The van der Waals surface area contributed by atoms with Gasteiger partial charge in [0, 0.05) is 38.1 Å². The molecular weight excluding hydrogens is 262 g/mol. The summed E-state index contributed by atoms with van der Waals surface area (Å²) in [6.07, 6.45) is 0.842. The molecular formula is C14H20ClN3O. The van der Waals surface area contributed by atoms with Gasteiger partial charge in [0.05, 0.1) is 0 Å². The lowest BCUT2D eigenvalue weighted by atomic mass is 9.99. The van der Waals surface area contributed by atoms with Crippen LogP contribution in [0.15, 0.2) is 24.3 Å². The van der Waals surface area contributed by atoms with Crippen molar-refractivity contribution in [3.63, 3.8) is 0 Å². The normalized spacial score (nSPS) is 24.1. The van der Waals surface area contributed by atoms with Crippen molar-refractivity contribution in [1.82, 2.24) is 10.0 Å². The molecule has 2 N–H and O–H groups in total. The Hall–Kier alpha value is -0.940. The molecule has 0 aliphatic carbocycles. The van der Waals surface area contributed by atoms with Gasteiger partial charge in [0.1, 0.15) is 6.04 Å². The zero-order valence-corrected chi connectivity index (χ0v) is 12.1. The second-order valence-electron chi connectivity index (χ2n) is 5.10. The topological polar surface area (TPSA) is 49.6 Å². The average molecular weight is 282 g/mol. The predicted octanol–water partition coefficient (Wildman–Crippen LogP) is 1.49. The molecule has 2 rings (SSSR count). The zero-order valence-electron chi connectivity index (χ0n) is 11.3. The van der Waals surface area contributed by atoms with Gasteiger partial charge in [-0.15, -0.1) is 11.6 Å². The monoisotopic (exact) mass is 281 g/mol.